The minimum atomic E-state index is -0.990. The van der Waals surface area contributed by atoms with Crippen LogP contribution >= 0.6 is 0 Å². The Morgan fingerprint density at radius 1 is 0.778 bits per heavy atom. The second-order valence-electron chi connectivity index (χ2n) is 6.81. The molecule has 27 heavy (non-hydrogen) atoms. The number of benzene rings is 3. The van der Waals surface area contributed by atoms with E-state index in [4.69, 9.17) is 5.11 Å². The average Bonchev–Trinajstić information content (AvgIpc) is 2.74. The average molecular weight is 355 g/mol. The molecule has 1 aliphatic rings. The molecule has 0 fully saturated rings. The van der Waals surface area contributed by atoms with E-state index in [1.807, 2.05) is 0 Å². The highest BCUT2D eigenvalue weighted by atomic mass is 16.4. The second-order valence-corrected chi connectivity index (χ2v) is 6.81. The van der Waals surface area contributed by atoms with Crippen molar-refractivity contribution in [2.24, 2.45) is 0 Å². The summed E-state index contributed by atoms with van der Waals surface area (Å²) >= 11 is 0. The number of carbonyl (C=O) groups is 1. The van der Waals surface area contributed by atoms with E-state index in [2.05, 4.69) is 53.5 Å². The number of aromatic nitrogens is 1. The molecule has 0 amide bonds. The lowest BCUT2D eigenvalue weighted by Gasteiger charge is -2.18. The minimum absolute atomic E-state index is 0.0810. The largest absolute Gasteiger partial charge is 0.477 e. The molecule has 0 unspecified atom stereocenters. The van der Waals surface area contributed by atoms with Gasteiger partial charge >= 0.3 is 5.97 Å². The van der Waals surface area contributed by atoms with Crippen molar-refractivity contribution in [2.75, 3.05) is 0 Å². The van der Waals surface area contributed by atoms with Gasteiger partial charge in [0.2, 0.25) is 0 Å². The van der Waals surface area contributed by atoms with Gasteiger partial charge in [0.15, 0.2) is 0 Å². The summed E-state index contributed by atoms with van der Waals surface area (Å²) in [7, 11) is 0. The zero-order chi connectivity index (χ0) is 18.6. The van der Waals surface area contributed by atoms with Crippen LogP contribution in [0.25, 0.3) is 21.5 Å². The highest BCUT2D eigenvalue weighted by molar-refractivity contribution is 6.08. The van der Waals surface area contributed by atoms with Crippen molar-refractivity contribution < 1.29 is 9.90 Å². The molecule has 0 radical (unpaired) electrons. The van der Waals surface area contributed by atoms with Crippen LogP contribution < -0.4 is 0 Å². The van der Waals surface area contributed by atoms with Gasteiger partial charge in [-0.2, -0.15) is 0 Å². The van der Waals surface area contributed by atoms with Gasteiger partial charge in [-0.3, -0.25) is 0 Å². The van der Waals surface area contributed by atoms with E-state index < -0.39 is 5.97 Å². The molecule has 1 aliphatic carbocycles. The normalized spacial score (nSPS) is 12.9. The molecule has 0 bridgehead atoms. The van der Waals surface area contributed by atoms with Crippen molar-refractivity contribution >= 4 is 27.5 Å². The van der Waals surface area contributed by atoms with Crippen molar-refractivity contribution in [1.82, 2.24) is 4.98 Å². The van der Waals surface area contributed by atoms with Gasteiger partial charge in [0.1, 0.15) is 5.69 Å². The van der Waals surface area contributed by atoms with Crippen LogP contribution in [0, 0.1) is 0 Å². The number of carboxylic acid groups (broad SMARTS) is 1. The maximum Gasteiger partial charge on any atom is 0.354 e. The first-order valence-corrected chi connectivity index (χ1v) is 9.30. The van der Waals surface area contributed by atoms with Crippen molar-refractivity contribution in [2.45, 2.75) is 25.7 Å². The number of hydrogen-bond acceptors (Lipinski definition) is 2. The molecule has 1 aromatic heterocycles. The Morgan fingerprint density at radius 3 is 2.33 bits per heavy atom. The minimum Gasteiger partial charge on any atom is -0.477 e. The summed E-state index contributed by atoms with van der Waals surface area (Å²) in [6, 6.07) is 22.7. The van der Waals surface area contributed by atoms with E-state index in [-0.39, 0.29) is 5.69 Å². The van der Waals surface area contributed by atoms with Gasteiger partial charge in [-0.15, -0.1) is 0 Å². The van der Waals surface area contributed by atoms with Gasteiger partial charge in [0, 0.05) is 6.20 Å². The molecule has 1 heterocycles. The third-order valence-corrected chi connectivity index (χ3v) is 5.14. The molecule has 3 nitrogen and oxygen atoms in total. The standard InChI is InChI=1S/C18H16.C6H5NO2/c1-3-7-15-13(5-1)9-11-18-16-8-4-2-6-14(16)10-12-17(15)18;8-6(9)5-3-1-2-4-7-5/h1,3,5,7,9-12H,2,4,6,8H2;1-4H,(H,8,9). The van der Waals surface area contributed by atoms with Gasteiger partial charge in [-0.05, 0) is 70.5 Å². The van der Waals surface area contributed by atoms with Crippen molar-refractivity contribution in [3.8, 4) is 0 Å². The number of aromatic carboxylic acids is 1. The third-order valence-electron chi connectivity index (χ3n) is 5.14. The lowest BCUT2D eigenvalue weighted by atomic mass is 9.86. The maximum atomic E-state index is 10.1. The molecule has 4 aromatic rings. The Morgan fingerprint density at radius 2 is 1.56 bits per heavy atom. The number of hydrogen-bond donors (Lipinski definition) is 1. The van der Waals surface area contributed by atoms with Gasteiger partial charge in [0.05, 0.1) is 0 Å². The van der Waals surface area contributed by atoms with Crippen LogP contribution in [-0.2, 0) is 12.8 Å². The number of nitrogens with zero attached hydrogens (tertiary/aromatic N) is 1. The Bertz CT molecular complexity index is 1100. The van der Waals surface area contributed by atoms with E-state index in [1.54, 1.807) is 23.3 Å². The number of pyridine rings is 1. The summed E-state index contributed by atoms with van der Waals surface area (Å²) in [4.78, 5) is 13.7. The van der Waals surface area contributed by atoms with Crippen LogP contribution in [-0.4, -0.2) is 16.1 Å². The number of carboxylic acids is 1. The third kappa shape index (κ3) is 3.54. The van der Waals surface area contributed by atoms with Gasteiger partial charge in [-0.1, -0.05) is 54.6 Å². The highest BCUT2D eigenvalue weighted by Gasteiger charge is 2.13. The molecule has 0 atom stereocenters. The lowest BCUT2D eigenvalue weighted by molar-refractivity contribution is 0.0690. The predicted molar refractivity (Wildman–Crippen MR) is 109 cm³/mol. The Kier molecular flexibility index (Phi) is 4.84. The molecule has 0 saturated carbocycles. The van der Waals surface area contributed by atoms with Gasteiger partial charge in [-0.25, -0.2) is 9.78 Å². The van der Waals surface area contributed by atoms with E-state index in [1.165, 1.54) is 59.5 Å². The number of fused-ring (bicyclic) bond motifs is 5. The van der Waals surface area contributed by atoms with Crippen LogP contribution in [0.4, 0.5) is 0 Å². The topological polar surface area (TPSA) is 50.2 Å². The molecule has 134 valence electrons. The van der Waals surface area contributed by atoms with E-state index in [0.29, 0.717) is 0 Å². The first-order chi connectivity index (χ1) is 13.2. The molecule has 1 N–H and O–H groups in total. The number of rotatable bonds is 1. The Balaban J connectivity index is 0.000000170. The predicted octanol–water partition coefficient (Wildman–Crippen LogP) is 5.65. The van der Waals surface area contributed by atoms with Crippen molar-refractivity contribution in [3.05, 3.63) is 89.7 Å². The molecule has 0 saturated heterocycles. The Hall–Kier alpha value is -3.20. The molecule has 5 rings (SSSR count). The van der Waals surface area contributed by atoms with Crippen molar-refractivity contribution in [3.63, 3.8) is 0 Å². The summed E-state index contributed by atoms with van der Waals surface area (Å²) < 4.78 is 0. The molecule has 0 aliphatic heterocycles. The summed E-state index contributed by atoms with van der Waals surface area (Å²) in [6.45, 7) is 0. The Labute approximate surface area is 158 Å². The first kappa shape index (κ1) is 17.2. The smallest absolute Gasteiger partial charge is 0.354 e. The summed E-state index contributed by atoms with van der Waals surface area (Å²) in [5, 5.41) is 14.0. The van der Waals surface area contributed by atoms with Gasteiger partial charge < -0.3 is 5.11 Å². The molecular formula is C24H21NO2. The highest BCUT2D eigenvalue weighted by Crippen LogP contribution is 2.33. The van der Waals surface area contributed by atoms with Crippen LogP contribution in [0.5, 0.6) is 0 Å². The fraction of sp³-hybridized carbons (Fsp3) is 0.167. The molecule has 0 spiro atoms. The van der Waals surface area contributed by atoms with Crippen LogP contribution in [0.15, 0.2) is 72.9 Å². The molecule has 3 aromatic carbocycles. The van der Waals surface area contributed by atoms with Crippen LogP contribution in [0.1, 0.15) is 34.5 Å². The summed E-state index contributed by atoms with van der Waals surface area (Å²) in [6.07, 6.45) is 6.66. The maximum absolute atomic E-state index is 10.1. The monoisotopic (exact) mass is 355 g/mol. The lowest BCUT2D eigenvalue weighted by Crippen LogP contribution is -2.02. The van der Waals surface area contributed by atoms with Crippen molar-refractivity contribution in [1.29, 1.82) is 0 Å². The van der Waals surface area contributed by atoms with E-state index in [9.17, 15) is 4.79 Å². The molecule has 3 heteroatoms. The SMILES string of the molecule is O=C(O)c1ccccn1.c1ccc2c(c1)ccc1c3c(ccc12)CCCC3. The first-order valence-electron chi connectivity index (χ1n) is 9.30. The molecular weight excluding hydrogens is 334 g/mol. The van der Waals surface area contributed by atoms with E-state index >= 15 is 0 Å². The van der Waals surface area contributed by atoms with E-state index in [0.717, 1.165) is 0 Å². The summed E-state index contributed by atoms with van der Waals surface area (Å²) in [5.74, 6) is -0.990. The quantitative estimate of drug-likeness (QED) is 0.449. The summed E-state index contributed by atoms with van der Waals surface area (Å²) in [5.41, 5.74) is 3.26. The zero-order valence-electron chi connectivity index (χ0n) is 15.1. The fourth-order valence-electron chi connectivity index (χ4n) is 3.83. The second kappa shape index (κ2) is 7.58. The van der Waals surface area contributed by atoms with Crippen LogP contribution in [0.2, 0.25) is 0 Å². The fourth-order valence-corrected chi connectivity index (χ4v) is 3.83. The van der Waals surface area contributed by atoms with Crippen LogP contribution in [0.3, 0.4) is 0 Å². The number of aryl methyl sites for hydroxylation is 2. The zero-order valence-corrected chi connectivity index (χ0v) is 15.1. The van der Waals surface area contributed by atoms with Gasteiger partial charge in [0.25, 0.3) is 0 Å².